The highest BCUT2D eigenvalue weighted by Crippen LogP contribution is 2.39. The van der Waals surface area contributed by atoms with Crippen molar-refractivity contribution in [3.8, 4) is 0 Å². The Morgan fingerprint density at radius 2 is 1.54 bits per heavy atom. The van der Waals surface area contributed by atoms with Crippen LogP contribution < -0.4 is 26.6 Å². The van der Waals surface area contributed by atoms with Crippen LogP contribution in [0.5, 0.6) is 0 Å². The highest BCUT2D eigenvalue weighted by molar-refractivity contribution is 7.94. The van der Waals surface area contributed by atoms with Crippen molar-refractivity contribution >= 4 is 10.4 Å². The van der Waals surface area contributed by atoms with Crippen molar-refractivity contribution in [2.75, 3.05) is 26.0 Å². The lowest BCUT2D eigenvalue weighted by Crippen LogP contribution is -2.76. The standard InChI is InChI=1S/C18H31F7N6O3S/c1-35(32,33)31-6-4-10(5-7-31)26-14-28-15(30-16(29-14)34-9-17(20,21)22)27-11-2-3-13(19)12(8-11)18(23,24)25/h10-16,26-30H,2-9H2,1H3. The SMILES string of the molecule is C[S+](=O)([O-])N1CCC(NC2NC(NC3CCC(F)C(C(F)(F)F)C3)NC(OCC(F)(F)F)N2)CC1. The zero-order valence-corrected chi connectivity index (χ0v) is 19.7. The van der Waals surface area contributed by atoms with E-state index in [2.05, 4.69) is 26.6 Å². The van der Waals surface area contributed by atoms with E-state index in [4.69, 9.17) is 4.74 Å². The van der Waals surface area contributed by atoms with E-state index in [0.717, 1.165) is 6.26 Å². The summed E-state index contributed by atoms with van der Waals surface area (Å²) in [5.74, 6) is -2.12. The molecule has 7 unspecified atom stereocenters. The normalized spacial score (nSPS) is 36.1. The topological polar surface area (TPSA) is 113 Å². The van der Waals surface area contributed by atoms with E-state index >= 15 is 0 Å². The summed E-state index contributed by atoms with van der Waals surface area (Å²) in [6.45, 7) is -1.03. The second-order valence-corrected chi connectivity index (χ2v) is 11.1. The minimum absolute atomic E-state index is 0.122. The quantitative estimate of drug-likeness (QED) is 0.239. The van der Waals surface area contributed by atoms with Gasteiger partial charge >= 0.3 is 12.4 Å². The molecule has 0 radical (unpaired) electrons. The van der Waals surface area contributed by atoms with Crippen molar-refractivity contribution in [1.29, 1.82) is 0 Å². The minimum Gasteiger partial charge on any atom is -0.598 e. The number of hydrogen-bond acceptors (Lipinski definition) is 8. The van der Waals surface area contributed by atoms with Gasteiger partial charge in [0.25, 0.3) is 0 Å². The number of nitrogens with one attached hydrogen (secondary N) is 5. The molecular weight excluding hydrogens is 513 g/mol. The van der Waals surface area contributed by atoms with Gasteiger partial charge < -0.3 is 9.29 Å². The lowest BCUT2D eigenvalue weighted by molar-refractivity contribution is -0.203. The fourth-order valence-electron chi connectivity index (χ4n) is 4.53. The molecule has 0 aromatic rings. The van der Waals surface area contributed by atoms with Crippen LogP contribution in [0.2, 0.25) is 0 Å². The molecule has 3 fully saturated rings. The van der Waals surface area contributed by atoms with Crippen LogP contribution in [-0.2, 0) is 19.3 Å². The molecule has 35 heavy (non-hydrogen) atoms. The van der Waals surface area contributed by atoms with Gasteiger partial charge in [-0.1, -0.05) is 4.21 Å². The van der Waals surface area contributed by atoms with Crippen LogP contribution >= 0.6 is 0 Å². The van der Waals surface area contributed by atoms with E-state index < -0.39 is 72.8 Å². The predicted octanol–water partition coefficient (Wildman–Crippen LogP) is 1.09. The van der Waals surface area contributed by atoms with Crippen molar-refractivity contribution in [2.24, 2.45) is 5.92 Å². The second kappa shape index (κ2) is 11.4. The van der Waals surface area contributed by atoms with Crippen molar-refractivity contribution in [1.82, 2.24) is 30.9 Å². The Bertz CT molecular complexity index is 734. The van der Waals surface area contributed by atoms with Crippen LogP contribution in [0.25, 0.3) is 0 Å². The maximum atomic E-state index is 13.8. The molecule has 1 saturated carbocycles. The van der Waals surface area contributed by atoms with Gasteiger partial charge in [-0.25, -0.2) is 4.39 Å². The summed E-state index contributed by atoms with van der Waals surface area (Å²) < 4.78 is 121. The molecular formula is C18H31F7N6O3S. The third-order valence-electron chi connectivity index (χ3n) is 6.30. The van der Waals surface area contributed by atoms with Gasteiger partial charge in [0.15, 0.2) is 6.35 Å². The number of sulfonamides is 1. The molecule has 0 aromatic carbocycles. The third-order valence-corrected chi connectivity index (χ3v) is 7.60. The van der Waals surface area contributed by atoms with Crippen molar-refractivity contribution in [2.45, 2.75) is 81.6 Å². The molecule has 1 aliphatic carbocycles. The summed E-state index contributed by atoms with van der Waals surface area (Å²) in [7, 11) is -3.34. The first-order valence-electron chi connectivity index (χ1n) is 11.2. The van der Waals surface area contributed by atoms with E-state index in [0.29, 0.717) is 12.8 Å². The summed E-state index contributed by atoms with van der Waals surface area (Å²) >= 11 is 0. The van der Waals surface area contributed by atoms with Gasteiger partial charge in [0.05, 0.1) is 5.92 Å². The van der Waals surface area contributed by atoms with Crippen LogP contribution in [-0.4, -0.2) is 84.3 Å². The molecule has 206 valence electrons. The van der Waals surface area contributed by atoms with Crippen LogP contribution in [0.1, 0.15) is 32.1 Å². The molecule has 0 bridgehead atoms. The Morgan fingerprint density at radius 1 is 0.971 bits per heavy atom. The van der Waals surface area contributed by atoms with Gasteiger partial charge in [0.1, 0.15) is 42.0 Å². The summed E-state index contributed by atoms with van der Waals surface area (Å²) in [6.07, 6.45) is -13.0. The highest BCUT2D eigenvalue weighted by atomic mass is 32.3. The summed E-state index contributed by atoms with van der Waals surface area (Å²) in [4.78, 5) is 0. The van der Waals surface area contributed by atoms with Crippen molar-refractivity contribution in [3.63, 3.8) is 0 Å². The van der Waals surface area contributed by atoms with E-state index in [-0.39, 0.29) is 32.0 Å². The molecule has 0 amide bonds. The van der Waals surface area contributed by atoms with Crippen molar-refractivity contribution < 1.29 is 44.2 Å². The second-order valence-electron chi connectivity index (χ2n) is 9.12. The first kappa shape index (κ1) is 28.9. The Morgan fingerprint density at radius 3 is 2.06 bits per heavy atom. The van der Waals surface area contributed by atoms with Crippen molar-refractivity contribution in [3.05, 3.63) is 0 Å². The largest absolute Gasteiger partial charge is 0.598 e. The Labute approximate surface area is 199 Å². The molecule has 0 spiro atoms. The molecule has 0 aromatic heterocycles. The minimum atomic E-state index is -4.70. The van der Waals surface area contributed by atoms with E-state index in [1.165, 1.54) is 4.31 Å². The number of ether oxygens (including phenoxy) is 1. The number of nitrogens with zero attached hydrogens (tertiary/aromatic N) is 1. The Hall–Kier alpha value is -0.660. The molecule has 3 rings (SSSR count). The zero-order chi connectivity index (χ0) is 26.0. The maximum absolute atomic E-state index is 13.8. The highest BCUT2D eigenvalue weighted by Gasteiger charge is 2.48. The monoisotopic (exact) mass is 544 g/mol. The van der Waals surface area contributed by atoms with Gasteiger partial charge in [-0.15, -0.1) is 4.31 Å². The first-order valence-corrected chi connectivity index (χ1v) is 13.1. The third kappa shape index (κ3) is 8.99. The molecule has 2 saturated heterocycles. The van der Waals surface area contributed by atoms with Gasteiger partial charge in [0, 0.05) is 25.2 Å². The average molecular weight is 545 g/mol. The number of halogens is 7. The lowest BCUT2D eigenvalue weighted by Gasteiger charge is -2.43. The van der Waals surface area contributed by atoms with Gasteiger partial charge in [-0.05, 0) is 32.1 Å². The van der Waals surface area contributed by atoms with Gasteiger partial charge in [-0.3, -0.25) is 26.6 Å². The van der Waals surface area contributed by atoms with E-state index in [1.807, 2.05) is 0 Å². The lowest BCUT2D eigenvalue weighted by atomic mass is 9.83. The van der Waals surface area contributed by atoms with Crippen LogP contribution in [0.15, 0.2) is 0 Å². The molecule has 2 aliphatic heterocycles. The van der Waals surface area contributed by atoms with E-state index in [9.17, 15) is 39.5 Å². The fourth-order valence-corrected chi connectivity index (χ4v) is 5.40. The van der Waals surface area contributed by atoms with Gasteiger partial charge in [-0.2, -0.15) is 26.3 Å². The molecule has 3 aliphatic rings. The predicted molar refractivity (Wildman–Crippen MR) is 110 cm³/mol. The van der Waals surface area contributed by atoms with E-state index in [1.54, 1.807) is 0 Å². The Kier molecular flexibility index (Phi) is 9.40. The molecule has 2 heterocycles. The van der Waals surface area contributed by atoms with Crippen LogP contribution in [0.3, 0.4) is 0 Å². The summed E-state index contributed by atoms with van der Waals surface area (Å²) in [5, 5.41) is 14.4. The smallest absolute Gasteiger partial charge is 0.411 e. The van der Waals surface area contributed by atoms with Crippen LogP contribution in [0.4, 0.5) is 30.7 Å². The fraction of sp³-hybridized carbons (Fsp3) is 1.00. The molecule has 9 nitrogen and oxygen atoms in total. The van der Waals surface area contributed by atoms with Gasteiger partial charge in [0.2, 0.25) is 0 Å². The number of hydrogen-bond donors (Lipinski definition) is 5. The molecule has 5 N–H and O–H groups in total. The molecule has 7 atom stereocenters. The Balaban J connectivity index is 1.60. The summed E-state index contributed by atoms with van der Waals surface area (Å²) in [6, 6.07) is -0.921. The average Bonchev–Trinajstić information content (AvgIpc) is 2.72. The maximum Gasteiger partial charge on any atom is 0.411 e. The number of piperidine rings is 1. The summed E-state index contributed by atoms with van der Waals surface area (Å²) in [5.41, 5.74) is 0. The zero-order valence-electron chi connectivity index (χ0n) is 18.9. The molecule has 17 heteroatoms. The van der Waals surface area contributed by atoms with Crippen LogP contribution in [0, 0.1) is 5.92 Å². The number of alkyl halides is 7. The number of rotatable bonds is 7. The first-order chi connectivity index (χ1) is 16.1.